The van der Waals surface area contributed by atoms with Gasteiger partial charge >= 0.3 is 0 Å². The van der Waals surface area contributed by atoms with E-state index in [9.17, 15) is 0 Å². The van der Waals surface area contributed by atoms with Gasteiger partial charge in [0.1, 0.15) is 5.69 Å². The van der Waals surface area contributed by atoms with Gasteiger partial charge in [0.15, 0.2) is 0 Å². The fraction of sp³-hybridized carbons (Fsp3) is 0.500. The van der Waals surface area contributed by atoms with Crippen LogP contribution in [-0.2, 0) is 3.79 Å². The molecule has 6 heteroatoms. The Kier molecular flexibility index (Phi) is 2.08. The van der Waals surface area contributed by atoms with Crippen LogP contribution in [0.2, 0.25) is 0 Å². The molecule has 0 saturated heterocycles. The summed E-state index contributed by atoms with van der Waals surface area (Å²) in [4.78, 5) is 0. The molecule has 0 spiro atoms. The molecule has 0 unspecified atom stereocenters. The number of hydrogen-bond acceptors (Lipinski definition) is 2. The molecule has 1 aromatic rings. The molecule has 3 nitrogen and oxygen atoms in total. The predicted molar refractivity (Wildman–Crippen MR) is 40.4 cm³/mol. The average Bonchev–Trinajstić information content (AvgIpc) is 2.11. The molecule has 0 aliphatic rings. The second-order valence-electron chi connectivity index (χ2n) is 1.76. The number of hydrogen-bond donors (Lipinski definition) is 1. The lowest BCUT2D eigenvalue weighted by molar-refractivity contribution is 0.911. The van der Waals surface area contributed by atoms with E-state index < -0.39 is 3.79 Å². The van der Waals surface area contributed by atoms with Gasteiger partial charge in [-0.3, -0.25) is 0 Å². The van der Waals surface area contributed by atoms with Crippen molar-refractivity contribution in [3.8, 4) is 0 Å². The lowest BCUT2D eigenvalue weighted by Gasteiger charge is -2.05. The molecule has 0 bridgehead atoms. The van der Waals surface area contributed by atoms with E-state index in [1.54, 1.807) is 6.92 Å². The Bertz CT molecular complexity index is 226. The van der Waals surface area contributed by atoms with Crippen molar-refractivity contribution in [1.82, 2.24) is 15.4 Å². The molecular weight excluding hydrogens is 196 g/mol. The molecule has 1 rings (SSSR count). The van der Waals surface area contributed by atoms with Crippen LogP contribution in [0.25, 0.3) is 0 Å². The highest BCUT2D eigenvalue weighted by Crippen LogP contribution is 2.37. The van der Waals surface area contributed by atoms with Crippen molar-refractivity contribution in [3.63, 3.8) is 0 Å². The Morgan fingerprint density at radius 2 is 1.90 bits per heavy atom. The molecular formula is C4H4Cl3N3. The lowest BCUT2D eigenvalue weighted by atomic mass is 10.4. The highest BCUT2D eigenvalue weighted by molar-refractivity contribution is 6.66. The van der Waals surface area contributed by atoms with Crippen LogP contribution in [-0.4, -0.2) is 15.4 Å². The number of aromatic amines is 1. The summed E-state index contributed by atoms with van der Waals surface area (Å²) in [6.45, 7) is 1.71. The molecule has 1 N–H and O–H groups in total. The standard InChI is InChI=1S/C4H4Cl3N3/c1-2-3(4(5,6)7)9-10-8-2/h1H3,(H,8,9,10). The maximum Gasteiger partial charge on any atom is 0.236 e. The minimum Gasteiger partial charge on any atom is -0.197 e. The first-order valence-corrected chi connectivity index (χ1v) is 3.60. The Hall–Kier alpha value is 0.01000. The first kappa shape index (κ1) is 8.11. The number of nitrogens with zero attached hydrogens (tertiary/aromatic N) is 2. The van der Waals surface area contributed by atoms with E-state index in [0.717, 1.165) is 0 Å². The molecule has 0 aromatic carbocycles. The van der Waals surface area contributed by atoms with E-state index in [1.165, 1.54) is 0 Å². The average molecular weight is 200 g/mol. The Morgan fingerprint density at radius 3 is 2.10 bits per heavy atom. The highest BCUT2D eigenvalue weighted by Gasteiger charge is 2.28. The summed E-state index contributed by atoms with van der Waals surface area (Å²) in [6, 6.07) is 0. The van der Waals surface area contributed by atoms with Crippen LogP contribution in [0, 0.1) is 6.92 Å². The monoisotopic (exact) mass is 199 g/mol. The number of H-pyrrole nitrogens is 1. The quantitative estimate of drug-likeness (QED) is 0.650. The fourth-order valence-electron chi connectivity index (χ4n) is 0.552. The first-order valence-electron chi connectivity index (χ1n) is 2.46. The van der Waals surface area contributed by atoms with E-state index in [-0.39, 0.29) is 0 Å². The third-order valence-corrected chi connectivity index (χ3v) is 1.53. The second-order valence-corrected chi connectivity index (χ2v) is 4.04. The molecule has 0 fully saturated rings. The van der Waals surface area contributed by atoms with Gasteiger partial charge in [-0.25, -0.2) is 0 Å². The smallest absolute Gasteiger partial charge is 0.197 e. The van der Waals surface area contributed by atoms with Crippen molar-refractivity contribution < 1.29 is 0 Å². The Morgan fingerprint density at radius 1 is 1.30 bits per heavy atom. The molecule has 1 aromatic heterocycles. The Labute approximate surface area is 72.7 Å². The predicted octanol–water partition coefficient (Wildman–Crippen LogP) is 1.94. The molecule has 0 aliphatic carbocycles. The topological polar surface area (TPSA) is 41.6 Å². The zero-order valence-corrected chi connectivity index (χ0v) is 7.30. The number of alkyl halides is 3. The van der Waals surface area contributed by atoms with Crippen molar-refractivity contribution in [2.75, 3.05) is 0 Å². The molecule has 1 heterocycles. The maximum atomic E-state index is 5.51. The summed E-state index contributed by atoms with van der Waals surface area (Å²) < 4.78 is -1.48. The van der Waals surface area contributed by atoms with Crippen LogP contribution in [0.4, 0.5) is 0 Å². The van der Waals surface area contributed by atoms with Gasteiger partial charge < -0.3 is 0 Å². The summed E-state index contributed by atoms with van der Waals surface area (Å²) in [5.74, 6) is 0. The van der Waals surface area contributed by atoms with Gasteiger partial charge in [-0.2, -0.15) is 15.4 Å². The van der Waals surface area contributed by atoms with Crippen LogP contribution in [0.3, 0.4) is 0 Å². The van der Waals surface area contributed by atoms with Crippen molar-refractivity contribution in [2.45, 2.75) is 10.7 Å². The number of aryl methyl sites for hydroxylation is 1. The summed E-state index contributed by atoms with van der Waals surface area (Å²) in [6.07, 6.45) is 0. The number of aromatic nitrogens is 3. The number of nitrogens with one attached hydrogen (secondary N) is 1. The van der Waals surface area contributed by atoms with Gasteiger partial charge in [0, 0.05) is 0 Å². The van der Waals surface area contributed by atoms with Gasteiger partial charge in [0.05, 0.1) is 5.69 Å². The van der Waals surface area contributed by atoms with E-state index >= 15 is 0 Å². The summed E-state index contributed by atoms with van der Waals surface area (Å²) in [5.41, 5.74) is 0.942. The summed E-state index contributed by atoms with van der Waals surface area (Å²) >= 11 is 16.5. The third-order valence-electron chi connectivity index (χ3n) is 0.991. The van der Waals surface area contributed by atoms with Crippen LogP contribution in [0.15, 0.2) is 0 Å². The van der Waals surface area contributed by atoms with Crippen LogP contribution in [0.1, 0.15) is 11.4 Å². The van der Waals surface area contributed by atoms with E-state index in [1.807, 2.05) is 0 Å². The van der Waals surface area contributed by atoms with Crippen molar-refractivity contribution in [2.24, 2.45) is 0 Å². The highest BCUT2D eigenvalue weighted by atomic mass is 35.6. The zero-order chi connectivity index (χ0) is 7.78. The molecule has 0 atom stereocenters. The maximum absolute atomic E-state index is 5.51. The van der Waals surface area contributed by atoms with Gasteiger partial charge in [-0.05, 0) is 6.92 Å². The second kappa shape index (κ2) is 2.57. The van der Waals surface area contributed by atoms with Crippen molar-refractivity contribution in [3.05, 3.63) is 11.4 Å². The van der Waals surface area contributed by atoms with Crippen molar-refractivity contribution >= 4 is 34.8 Å². The normalized spacial score (nSPS) is 12.0. The fourth-order valence-corrected chi connectivity index (χ4v) is 1.09. The molecule has 56 valence electrons. The Balaban J connectivity index is 3.05. The largest absolute Gasteiger partial charge is 0.236 e. The molecule has 0 saturated carbocycles. The molecule has 0 amide bonds. The number of halogens is 3. The van der Waals surface area contributed by atoms with E-state index in [4.69, 9.17) is 34.8 Å². The summed E-state index contributed by atoms with van der Waals surface area (Å²) in [7, 11) is 0. The first-order chi connectivity index (χ1) is 4.52. The minimum absolute atomic E-state index is 0.345. The van der Waals surface area contributed by atoms with Crippen LogP contribution in [0.5, 0.6) is 0 Å². The van der Waals surface area contributed by atoms with Gasteiger partial charge in [-0.15, -0.1) is 0 Å². The minimum atomic E-state index is -1.48. The molecule has 10 heavy (non-hydrogen) atoms. The lowest BCUT2D eigenvalue weighted by Crippen LogP contribution is -2.02. The van der Waals surface area contributed by atoms with E-state index in [0.29, 0.717) is 11.4 Å². The number of rotatable bonds is 0. The third kappa shape index (κ3) is 1.54. The zero-order valence-electron chi connectivity index (χ0n) is 5.03. The van der Waals surface area contributed by atoms with Gasteiger partial charge in [-0.1, -0.05) is 34.8 Å². The molecule has 0 aliphatic heterocycles. The van der Waals surface area contributed by atoms with Gasteiger partial charge in [0.2, 0.25) is 3.79 Å². The SMILES string of the molecule is Cc1n[nH]nc1C(Cl)(Cl)Cl. The van der Waals surface area contributed by atoms with Gasteiger partial charge in [0.25, 0.3) is 0 Å². The van der Waals surface area contributed by atoms with Crippen molar-refractivity contribution in [1.29, 1.82) is 0 Å². The molecule has 0 radical (unpaired) electrons. The van der Waals surface area contributed by atoms with Crippen LogP contribution < -0.4 is 0 Å². The summed E-state index contributed by atoms with van der Waals surface area (Å²) in [5, 5.41) is 9.70. The van der Waals surface area contributed by atoms with Crippen LogP contribution >= 0.6 is 34.8 Å². The van der Waals surface area contributed by atoms with E-state index in [2.05, 4.69) is 15.4 Å².